The van der Waals surface area contributed by atoms with Gasteiger partial charge in [0, 0.05) is 23.5 Å². The first kappa shape index (κ1) is 18.8. The van der Waals surface area contributed by atoms with Gasteiger partial charge in [-0.15, -0.1) is 13.2 Å². The smallest absolute Gasteiger partial charge is 0.402 e. The molecule has 12 heteroatoms. The number of anilines is 1. The maximum atomic E-state index is 13.1. The van der Waals surface area contributed by atoms with Crippen LogP contribution in [0.2, 0.25) is 0 Å². The number of aliphatic hydroxyl groups excluding tert-OH is 1. The molecular formula is C16H14F6N4O2. The predicted molar refractivity (Wildman–Crippen MR) is 82.9 cm³/mol. The maximum Gasteiger partial charge on any atom is 0.573 e. The van der Waals surface area contributed by atoms with Gasteiger partial charge in [-0.1, -0.05) is 0 Å². The number of ether oxygens (including phenoxy) is 1. The number of aromatic nitrogens is 3. The Morgan fingerprint density at radius 2 is 1.86 bits per heavy atom. The lowest BCUT2D eigenvalue weighted by atomic mass is 9.49. The van der Waals surface area contributed by atoms with Crippen LogP contribution in [0.4, 0.5) is 32.2 Å². The summed E-state index contributed by atoms with van der Waals surface area (Å²) in [4.78, 5) is 7.46. The lowest BCUT2D eigenvalue weighted by Crippen LogP contribution is -2.59. The number of hydrogen-bond acceptors (Lipinski definition) is 5. The van der Waals surface area contributed by atoms with E-state index < -0.39 is 41.6 Å². The molecule has 0 saturated heterocycles. The molecule has 3 fully saturated rings. The van der Waals surface area contributed by atoms with Crippen LogP contribution in [-0.2, 0) is 5.54 Å². The molecule has 3 saturated carbocycles. The summed E-state index contributed by atoms with van der Waals surface area (Å²) in [5.74, 6) is -1.49. The highest BCUT2D eigenvalue weighted by Gasteiger charge is 2.59. The van der Waals surface area contributed by atoms with Crippen molar-refractivity contribution in [2.45, 2.75) is 43.4 Å². The van der Waals surface area contributed by atoms with Gasteiger partial charge in [0.15, 0.2) is 11.6 Å². The molecule has 2 aromatic heterocycles. The molecule has 2 heterocycles. The highest BCUT2D eigenvalue weighted by molar-refractivity contribution is 5.64. The van der Waals surface area contributed by atoms with E-state index >= 15 is 0 Å². The topological polar surface area (TPSA) is 86.2 Å². The summed E-state index contributed by atoms with van der Waals surface area (Å²) >= 11 is 0. The van der Waals surface area contributed by atoms with E-state index in [1.54, 1.807) is 0 Å². The minimum absolute atomic E-state index is 0.0191. The monoisotopic (exact) mass is 408 g/mol. The second-order valence-electron chi connectivity index (χ2n) is 7.16. The molecule has 0 spiro atoms. The van der Waals surface area contributed by atoms with Gasteiger partial charge in [0.05, 0.1) is 5.69 Å². The molecule has 28 heavy (non-hydrogen) atoms. The van der Waals surface area contributed by atoms with Crippen LogP contribution in [0.3, 0.4) is 0 Å². The Hall–Kier alpha value is -2.50. The first-order valence-corrected chi connectivity index (χ1v) is 8.24. The number of alkyl halides is 6. The quantitative estimate of drug-likeness (QED) is 0.756. The Balaban J connectivity index is 1.76. The Kier molecular flexibility index (Phi) is 3.87. The second kappa shape index (κ2) is 5.75. The number of pyridine rings is 1. The van der Waals surface area contributed by atoms with Crippen LogP contribution >= 0.6 is 0 Å². The molecule has 0 amide bonds. The number of nitrogens with zero attached hydrogens (tertiary/aromatic N) is 3. The van der Waals surface area contributed by atoms with Crippen molar-refractivity contribution in [3.63, 3.8) is 0 Å². The molecule has 0 unspecified atom stereocenters. The van der Waals surface area contributed by atoms with Gasteiger partial charge in [-0.05, 0) is 31.2 Å². The number of hydrogen-bond donors (Lipinski definition) is 2. The zero-order valence-electron chi connectivity index (χ0n) is 14.1. The van der Waals surface area contributed by atoms with E-state index in [1.807, 2.05) is 0 Å². The zero-order chi connectivity index (χ0) is 20.5. The summed E-state index contributed by atoms with van der Waals surface area (Å²) in [6.45, 7) is 0. The maximum absolute atomic E-state index is 13.1. The minimum atomic E-state index is -5.02. The molecule has 2 aromatic rings. The van der Waals surface area contributed by atoms with Gasteiger partial charge in [0.2, 0.25) is 6.10 Å². The molecule has 6 nitrogen and oxygen atoms in total. The molecule has 1 atom stereocenters. The van der Waals surface area contributed by atoms with Crippen LogP contribution < -0.4 is 10.5 Å². The fourth-order valence-electron chi connectivity index (χ4n) is 3.78. The van der Waals surface area contributed by atoms with Crippen LogP contribution in [0.5, 0.6) is 5.75 Å². The Morgan fingerprint density at radius 1 is 1.21 bits per heavy atom. The number of nitrogen functional groups attached to an aromatic ring is 1. The minimum Gasteiger partial charge on any atom is -0.402 e. The lowest BCUT2D eigenvalue weighted by Gasteiger charge is -2.62. The van der Waals surface area contributed by atoms with Gasteiger partial charge in [0.1, 0.15) is 5.82 Å². The first-order valence-electron chi connectivity index (χ1n) is 8.24. The molecule has 3 aliphatic rings. The van der Waals surface area contributed by atoms with E-state index in [9.17, 15) is 31.4 Å². The van der Waals surface area contributed by atoms with Crippen molar-refractivity contribution in [2.75, 3.05) is 5.73 Å². The predicted octanol–water partition coefficient (Wildman–Crippen LogP) is 3.53. The molecule has 152 valence electrons. The molecule has 0 radical (unpaired) electrons. The summed E-state index contributed by atoms with van der Waals surface area (Å²) in [5.41, 5.74) is 4.75. The largest absolute Gasteiger partial charge is 0.573 e. The fourth-order valence-corrected chi connectivity index (χ4v) is 3.78. The van der Waals surface area contributed by atoms with E-state index in [4.69, 9.17) is 5.73 Å². The summed E-state index contributed by atoms with van der Waals surface area (Å²) in [6, 6.07) is 0.897. The van der Waals surface area contributed by atoms with Crippen molar-refractivity contribution < 1.29 is 36.2 Å². The lowest BCUT2D eigenvalue weighted by molar-refractivity contribution is -0.274. The molecule has 3 aliphatic carbocycles. The van der Waals surface area contributed by atoms with Gasteiger partial charge in [-0.2, -0.15) is 13.2 Å². The summed E-state index contributed by atoms with van der Waals surface area (Å²) in [5, 5.41) is 9.73. The van der Waals surface area contributed by atoms with Crippen LogP contribution in [0.15, 0.2) is 18.5 Å². The van der Waals surface area contributed by atoms with E-state index in [2.05, 4.69) is 14.7 Å². The first-order chi connectivity index (χ1) is 12.9. The van der Waals surface area contributed by atoms with Crippen molar-refractivity contribution >= 4 is 5.82 Å². The highest BCUT2D eigenvalue weighted by atomic mass is 19.4. The average Bonchev–Trinajstić information content (AvgIpc) is 2.88. The molecule has 0 aliphatic heterocycles. The average molecular weight is 408 g/mol. The molecule has 3 N–H and O–H groups in total. The number of rotatable bonds is 4. The molecule has 2 bridgehead atoms. The Labute approximate surface area is 153 Å². The number of nitrogens with two attached hydrogens (primary N) is 1. The van der Waals surface area contributed by atoms with Crippen LogP contribution in [0.25, 0.3) is 11.3 Å². The fraction of sp³-hybridized carbons (Fsp3) is 0.500. The van der Waals surface area contributed by atoms with Crippen molar-refractivity contribution in [1.82, 2.24) is 14.5 Å². The van der Waals surface area contributed by atoms with Crippen LogP contribution in [-0.4, -0.2) is 32.2 Å². The van der Waals surface area contributed by atoms with Gasteiger partial charge < -0.3 is 20.1 Å². The third kappa shape index (κ3) is 3.05. The normalized spacial score (nSPS) is 25.0. The summed E-state index contributed by atoms with van der Waals surface area (Å²) < 4.78 is 81.8. The standard InChI is InChI=1S/C16H14F6N4O2/c17-15(18,19)11(27)13-25-9(6-26(13)14-2-7(3-14)4-14)8-1-10(12(23)24-5-8)28-16(20,21)22/h1,5-7,11,27H,2-4H2,(H2,23,24)/t7?,11-,14?/m1/s1. The van der Waals surface area contributed by atoms with Crippen molar-refractivity contribution in [1.29, 1.82) is 0 Å². The van der Waals surface area contributed by atoms with E-state index in [-0.39, 0.29) is 11.3 Å². The van der Waals surface area contributed by atoms with Crippen molar-refractivity contribution in [3.05, 3.63) is 24.3 Å². The second-order valence-corrected chi connectivity index (χ2v) is 7.16. The van der Waals surface area contributed by atoms with E-state index in [1.165, 1.54) is 10.8 Å². The number of halogens is 6. The zero-order valence-corrected chi connectivity index (χ0v) is 14.1. The van der Waals surface area contributed by atoms with Gasteiger partial charge in [-0.3, -0.25) is 0 Å². The van der Waals surface area contributed by atoms with Gasteiger partial charge in [0.25, 0.3) is 0 Å². The van der Waals surface area contributed by atoms with Crippen molar-refractivity contribution in [3.8, 4) is 17.0 Å². The Morgan fingerprint density at radius 3 is 2.36 bits per heavy atom. The van der Waals surface area contributed by atoms with Gasteiger partial charge >= 0.3 is 12.5 Å². The molecule has 0 aromatic carbocycles. The van der Waals surface area contributed by atoms with E-state index in [0.29, 0.717) is 25.2 Å². The Bertz CT molecular complexity index is 906. The third-order valence-electron chi connectivity index (χ3n) is 5.21. The molecule has 5 rings (SSSR count). The SMILES string of the molecule is Nc1ncc(-c2cn(C34CC(C3)C4)c([C@@H](O)C(F)(F)F)n2)cc1OC(F)(F)F. The third-order valence-corrected chi connectivity index (χ3v) is 5.21. The molecular weight excluding hydrogens is 394 g/mol. The summed E-state index contributed by atoms with van der Waals surface area (Å²) in [7, 11) is 0. The van der Waals surface area contributed by atoms with Crippen molar-refractivity contribution in [2.24, 2.45) is 5.92 Å². The van der Waals surface area contributed by atoms with E-state index in [0.717, 1.165) is 12.3 Å². The van der Waals surface area contributed by atoms with Crippen LogP contribution in [0, 0.1) is 5.92 Å². The van der Waals surface area contributed by atoms with Crippen LogP contribution in [0.1, 0.15) is 31.2 Å². The number of imidazole rings is 1. The highest BCUT2D eigenvalue weighted by Crippen LogP contribution is 2.63. The van der Waals surface area contributed by atoms with Gasteiger partial charge in [-0.25, -0.2) is 9.97 Å². The summed E-state index contributed by atoms with van der Waals surface area (Å²) in [6.07, 6.45) is -8.39. The number of aliphatic hydroxyl groups is 1.